The number of carbonyl (C=O) groups is 2. The first-order valence-electron chi connectivity index (χ1n) is 6.45. The second-order valence-corrected chi connectivity index (χ2v) is 4.72. The summed E-state index contributed by atoms with van der Waals surface area (Å²) in [5.74, 6) is 0.746. The molecule has 6 heteroatoms. The van der Waals surface area contributed by atoms with Gasteiger partial charge in [0.05, 0.1) is 6.54 Å². The van der Waals surface area contributed by atoms with E-state index in [1.807, 2.05) is 0 Å². The molecular weight excluding hydrogens is 246 g/mol. The van der Waals surface area contributed by atoms with Crippen molar-refractivity contribution in [3.8, 4) is 0 Å². The first-order valence-corrected chi connectivity index (χ1v) is 6.45. The van der Waals surface area contributed by atoms with Gasteiger partial charge in [-0.2, -0.15) is 0 Å². The maximum atomic E-state index is 11.9. The molecule has 0 bridgehead atoms. The van der Waals surface area contributed by atoms with Crippen molar-refractivity contribution in [2.24, 2.45) is 5.73 Å². The van der Waals surface area contributed by atoms with E-state index in [1.165, 1.54) is 0 Å². The number of carbonyl (C=O) groups excluding carboxylic acids is 2. The minimum Gasteiger partial charge on any atom is -0.455 e. The molecule has 2 rings (SSSR count). The van der Waals surface area contributed by atoms with Crippen molar-refractivity contribution in [3.63, 3.8) is 0 Å². The molecule has 1 aliphatic heterocycles. The summed E-state index contributed by atoms with van der Waals surface area (Å²) in [4.78, 5) is 24.9. The molecule has 0 aromatic carbocycles. The molecule has 2 heterocycles. The highest BCUT2D eigenvalue weighted by Gasteiger charge is 2.23. The number of furan rings is 1. The van der Waals surface area contributed by atoms with E-state index in [0.29, 0.717) is 18.8 Å². The Morgan fingerprint density at radius 2 is 2.11 bits per heavy atom. The second-order valence-electron chi connectivity index (χ2n) is 4.72. The molecule has 6 nitrogen and oxygen atoms in total. The van der Waals surface area contributed by atoms with Crippen LogP contribution in [0.4, 0.5) is 0 Å². The Morgan fingerprint density at radius 1 is 1.42 bits per heavy atom. The summed E-state index contributed by atoms with van der Waals surface area (Å²) in [5.41, 5.74) is 5.43. The third kappa shape index (κ3) is 3.35. The Kier molecular flexibility index (Phi) is 4.21. The molecule has 0 aliphatic carbocycles. The Balaban J connectivity index is 1.85. The number of piperidine rings is 1. The lowest BCUT2D eigenvalue weighted by Gasteiger charge is -2.31. The maximum Gasteiger partial charge on any atom is 0.287 e. The molecule has 104 valence electrons. The predicted molar refractivity (Wildman–Crippen MR) is 69.3 cm³/mol. The van der Waals surface area contributed by atoms with Gasteiger partial charge in [0.2, 0.25) is 5.91 Å². The van der Waals surface area contributed by atoms with Crippen LogP contribution in [0.2, 0.25) is 0 Å². The van der Waals surface area contributed by atoms with Crippen LogP contribution in [0, 0.1) is 0 Å². The van der Waals surface area contributed by atoms with Crippen molar-refractivity contribution in [1.82, 2.24) is 10.2 Å². The van der Waals surface area contributed by atoms with E-state index in [1.54, 1.807) is 24.0 Å². The van der Waals surface area contributed by atoms with Gasteiger partial charge >= 0.3 is 0 Å². The standard InChI is InChI=1S/C13H19N3O3/c1-9(17)16-6-4-10(5-7-16)15-13(18)12-3-2-11(8-14)19-12/h2-3,10H,4-8,14H2,1H3,(H,15,18). The van der Waals surface area contributed by atoms with Crippen molar-refractivity contribution in [2.75, 3.05) is 13.1 Å². The van der Waals surface area contributed by atoms with Gasteiger partial charge in [-0.05, 0) is 25.0 Å². The van der Waals surface area contributed by atoms with Gasteiger partial charge in [-0.15, -0.1) is 0 Å². The summed E-state index contributed by atoms with van der Waals surface area (Å²) < 4.78 is 5.29. The average molecular weight is 265 g/mol. The van der Waals surface area contributed by atoms with E-state index in [0.717, 1.165) is 12.8 Å². The molecule has 0 radical (unpaired) electrons. The van der Waals surface area contributed by atoms with Crippen molar-refractivity contribution in [1.29, 1.82) is 0 Å². The predicted octanol–water partition coefficient (Wildman–Crippen LogP) is 0.479. The van der Waals surface area contributed by atoms with E-state index in [2.05, 4.69) is 5.32 Å². The van der Waals surface area contributed by atoms with Crippen LogP contribution in [0.3, 0.4) is 0 Å². The summed E-state index contributed by atoms with van der Waals surface area (Å²) in [6.45, 7) is 3.22. The van der Waals surface area contributed by atoms with Crippen molar-refractivity contribution in [2.45, 2.75) is 32.4 Å². The van der Waals surface area contributed by atoms with Crippen LogP contribution in [0.1, 0.15) is 36.1 Å². The number of amides is 2. The Hall–Kier alpha value is -1.82. The zero-order valence-electron chi connectivity index (χ0n) is 11.0. The lowest BCUT2D eigenvalue weighted by molar-refractivity contribution is -0.129. The summed E-state index contributed by atoms with van der Waals surface area (Å²) in [7, 11) is 0. The first kappa shape index (κ1) is 13.6. The fraction of sp³-hybridized carbons (Fsp3) is 0.538. The maximum absolute atomic E-state index is 11.9. The van der Waals surface area contributed by atoms with Crippen LogP contribution in [0.5, 0.6) is 0 Å². The number of hydrogen-bond acceptors (Lipinski definition) is 4. The van der Waals surface area contributed by atoms with E-state index >= 15 is 0 Å². The van der Waals surface area contributed by atoms with E-state index in [-0.39, 0.29) is 30.2 Å². The normalized spacial score (nSPS) is 16.4. The zero-order valence-corrected chi connectivity index (χ0v) is 11.0. The van der Waals surface area contributed by atoms with Crippen LogP contribution >= 0.6 is 0 Å². The highest BCUT2D eigenvalue weighted by molar-refractivity contribution is 5.91. The van der Waals surface area contributed by atoms with Gasteiger partial charge in [-0.25, -0.2) is 0 Å². The Labute approximate surface area is 111 Å². The lowest BCUT2D eigenvalue weighted by atomic mass is 10.0. The SMILES string of the molecule is CC(=O)N1CCC(NC(=O)c2ccc(CN)o2)CC1. The molecule has 0 spiro atoms. The molecule has 0 atom stereocenters. The van der Waals surface area contributed by atoms with E-state index < -0.39 is 0 Å². The fourth-order valence-electron chi connectivity index (χ4n) is 2.20. The Bertz CT molecular complexity index is 461. The van der Waals surface area contributed by atoms with Gasteiger partial charge in [-0.1, -0.05) is 0 Å². The van der Waals surface area contributed by atoms with Gasteiger partial charge in [0, 0.05) is 26.1 Å². The van der Waals surface area contributed by atoms with E-state index in [9.17, 15) is 9.59 Å². The quantitative estimate of drug-likeness (QED) is 0.832. The fourth-order valence-corrected chi connectivity index (χ4v) is 2.20. The number of hydrogen-bond donors (Lipinski definition) is 2. The highest BCUT2D eigenvalue weighted by Crippen LogP contribution is 2.12. The minimum atomic E-state index is -0.221. The van der Waals surface area contributed by atoms with Crippen LogP contribution in [0.25, 0.3) is 0 Å². The molecule has 1 aromatic heterocycles. The third-order valence-electron chi connectivity index (χ3n) is 3.36. The molecule has 0 saturated carbocycles. The summed E-state index contributed by atoms with van der Waals surface area (Å²) in [6.07, 6.45) is 1.55. The van der Waals surface area contributed by atoms with Crippen molar-refractivity contribution < 1.29 is 14.0 Å². The molecule has 3 N–H and O–H groups in total. The molecular formula is C13H19N3O3. The molecule has 1 aliphatic rings. The van der Waals surface area contributed by atoms with Gasteiger partial charge in [0.15, 0.2) is 5.76 Å². The monoisotopic (exact) mass is 265 g/mol. The van der Waals surface area contributed by atoms with Gasteiger partial charge < -0.3 is 20.4 Å². The molecule has 2 amide bonds. The molecule has 19 heavy (non-hydrogen) atoms. The van der Waals surface area contributed by atoms with Crippen molar-refractivity contribution >= 4 is 11.8 Å². The minimum absolute atomic E-state index is 0.0865. The van der Waals surface area contributed by atoms with Crippen LogP contribution < -0.4 is 11.1 Å². The number of nitrogens with zero attached hydrogens (tertiary/aromatic N) is 1. The van der Waals surface area contributed by atoms with Crippen LogP contribution in [-0.2, 0) is 11.3 Å². The summed E-state index contributed by atoms with van der Waals surface area (Å²) >= 11 is 0. The summed E-state index contributed by atoms with van der Waals surface area (Å²) in [6, 6.07) is 3.42. The molecule has 0 unspecified atom stereocenters. The van der Waals surface area contributed by atoms with Gasteiger partial charge in [0.1, 0.15) is 5.76 Å². The summed E-state index contributed by atoms with van der Waals surface area (Å²) in [5, 5.41) is 2.92. The zero-order chi connectivity index (χ0) is 13.8. The van der Waals surface area contributed by atoms with E-state index in [4.69, 9.17) is 10.2 Å². The average Bonchev–Trinajstić information content (AvgIpc) is 2.88. The second kappa shape index (κ2) is 5.88. The Morgan fingerprint density at radius 3 is 2.63 bits per heavy atom. The number of likely N-dealkylation sites (tertiary alicyclic amines) is 1. The molecule has 1 saturated heterocycles. The molecule has 1 fully saturated rings. The third-order valence-corrected chi connectivity index (χ3v) is 3.36. The number of nitrogens with two attached hydrogens (primary N) is 1. The first-order chi connectivity index (χ1) is 9.10. The smallest absolute Gasteiger partial charge is 0.287 e. The highest BCUT2D eigenvalue weighted by atomic mass is 16.4. The van der Waals surface area contributed by atoms with Gasteiger partial charge in [0.25, 0.3) is 5.91 Å². The van der Waals surface area contributed by atoms with Gasteiger partial charge in [-0.3, -0.25) is 9.59 Å². The number of nitrogens with one attached hydrogen (secondary N) is 1. The number of rotatable bonds is 3. The molecule has 1 aromatic rings. The lowest BCUT2D eigenvalue weighted by Crippen LogP contribution is -2.45. The van der Waals surface area contributed by atoms with Crippen LogP contribution in [0.15, 0.2) is 16.5 Å². The van der Waals surface area contributed by atoms with Crippen LogP contribution in [-0.4, -0.2) is 35.8 Å². The van der Waals surface area contributed by atoms with Crippen molar-refractivity contribution in [3.05, 3.63) is 23.7 Å². The topological polar surface area (TPSA) is 88.6 Å². The largest absolute Gasteiger partial charge is 0.455 e.